The van der Waals surface area contributed by atoms with Crippen LogP contribution in [0.2, 0.25) is 0 Å². The molecule has 0 bridgehead atoms. The molecule has 112 valence electrons. The smallest absolute Gasteiger partial charge is 0.269 e. The number of hydrogen-bond acceptors (Lipinski definition) is 3. The lowest BCUT2D eigenvalue weighted by atomic mass is 9.99. The highest BCUT2D eigenvalue weighted by molar-refractivity contribution is 5.93. The molecule has 1 heterocycles. The Morgan fingerprint density at radius 3 is 2.80 bits per heavy atom. The van der Waals surface area contributed by atoms with Crippen LogP contribution in [0.1, 0.15) is 56.9 Å². The topological polar surface area (TPSA) is 54.0 Å². The first kappa shape index (κ1) is 16.5. The van der Waals surface area contributed by atoms with Crippen molar-refractivity contribution >= 4 is 11.6 Å². The summed E-state index contributed by atoms with van der Waals surface area (Å²) in [5.41, 5.74) is 1.42. The second-order valence-corrected chi connectivity index (χ2v) is 5.09. The fourth-order valence-electron chi connectivity index (χ4n) is 2.14. The number of nitrogens with zero attached hydrogens (tertiary/aromatic N) is 1. The van der Waals surface area contributed by atoms with Crippen LogP contribution in [-0.2, 0) is 0 Å². The maximum atomic E-state index is 12.1. The van der Waals surface area contributed by atoms with Crippen LogP contribution in [0.15, 0.2) is 18.3 Å². The second kappa shape index (κ2) is 9.34. The predicted octanol–water partition coefficient (Wildman–Crippen LogP) is 3.46. The molecule has 0 aliphatic carbocycles. The van der Waals surface area contributed by atoms with E-state index in [1.165, 1.54) is 19.3 Å². The minimum atomic E-state index is -0.0836. The number of pyridine rings is 1. The average molecular weight is 277 g/mol. The van der Waals surface area contributed by atoms with Crippen molar-refractivity contribution in [1.29, 1.82) is 0 Å². The number of amides is 1. The van der Waals surface area contributed by atoms with Crippen molar-refractivity contribution in [2.45, 2.75) is 46.5 Å². The van der Waals surface area contributed by atoms with E-state index in [2.05, 4.69) is 29.5 Å². The zero-order chi connectivity index (χ0) is 14.8. The molecule has 20 heavy (non-hydrogen) atoms. The van der Waals surface area contributed by atoms with Gasteiger partial charge in [-0.15, -0.1) is 0 Å². The van der Waals surface area contributed by atoms with E-state index in [1.54, 1.807) is 12.3 Å². The van der Waals surface area contributed by atoms with Crippen molar-refractivity contribution in [3.8, 4) is 0 Å². The van der Waals surface area contributed by atoms with Crippen LogP contribution in [0.5, 0.6) is 0 Å². The van der Waals surface area contributed by atoms with E-state index in [9.17, 15) is 4.79 Å². The highest BCUT2D eigenvalue weighted by Crippen LogP contribution is 2.12. The van der Waals surface area contributed by atoms with Gasteiger partial charge in [-0.1, -0.05) is 33.1 Å². The van der Waals surface area contributed by atoms with Crippen molar-refractivity contribution in [3.63, 3.8) is 0 Å². The summed E-state index contributed by atoms with van der Waals surface area (Å²) in [5.74, 6) is 0.482. The van der Waals surface area contributed by atoms with Gasteiger partial charge < -0.3 is 10.6 Å². The minimum Gasteiger partial charge on any atom is -0.385 e. The van der Waals surface area contributed by atoms with Crippen LogP contribution in [0.25, 0.3) is 0 Å². The molecular weight excluding hydrogens is 250 g/mol. The number of hydrogen-bond donors (Lipinski definition) is 2. The molecule has 1 aromatic heterocycles. The highest BCUT2D eigenvalue weighted by Gasteiger charge is 2.11. The maximum absolute atomic E-state index is 12.1. The monoisotopic (exact) mass is 277 g/mol. The zero-order valence-corrected chi connectivity index (χ0v) is 12.9. The number of aromatic nitrogens is 1. The van der Waals surface area contributed by atoms with E-state index in [0.717, 1.165) is 25.2 Å². The third-order valence-corrected chi connectivity index (χ3v) is 3.47. The van der Waals surface area contributed by atoms with E-state index in [-0.39, 0.29) is 5.91 Å². The fourth-order valence-corrected chi connectivity index (χ4v) is 2.14. The third kappa shape index (κ3) is 5.59. The lowest BCUT2D eigenvalue weighted by Gasteiger charge is -2.15. The predicted molar refractivity (Wildman–Crippen MR) is 84.0 cm³/mol. The number of rotatable bonds is 9. The van der Waals surface area contributed by atoms with Crippen molar-refractivity contribution in [3.05, 3.63) is 24.0 Å². The Balaban J connectivity index is 2.51. The van der Waals surface area contributed by atoms with Crippen molar-refractivity contribution in [1.82, 2.24) is 10.3 Å². The van der Waals surface area contributed by atoms with E-state index in [1.807, 2.05) is 13.0 Å². The first-order valence-electron chi connectivity index (χ1n) is 7.69. The number of carbonyl (C=O) groups is 1. The van der Waals surface area contributed by atoms with Gasteiger partial charge in [-0.25, -0.2) is 0 Å². The Labute approximate surface area is 122 Å². The molecule has 0 aliphatic heterocycles. The largest absolute Gasteiger partial charge is 0.385 e. The van der Waals surface area contributed by atoms with Gasteiger partial charge in [-0.2, -0.15) is 0 Å². The first-order valence-corrected chi connectivity index (χ1v) is 7.69. The molecule has 0 saturated carbocycles. The minimum absolute atomic E-state index is 0.0836. The molecule has 0 aliphatic rings. The summed E-state index contributed by atoms with van der Waals surface area (Å²) in [5, 5.41) is 6.19. The summed E-state index contributed by atoms with van der Waals surface area (Å²) in [4.78, 5) is 16.2. The molecule has 0 radical (unpaired) electrons. The Bertz CT molecular complexity index is 406. The van der Waals surface area contributed by atoms with Crippen LogP contribution in [0.3, 0.4) is 0 Å². The van der Waals surface area contributed by atoms with Crippen LogP contribution >= 0.6 is 0 Å². The molecule has 1 unspecified atom stereocenters. The molecule has 0 spiro atoms. The lowest BCUT2D eigenvalue weighted by Crippen LogP contribution is -2.29. The summed E-state index contributed by atoms with van der Waals surface area (Å²) < 4.78 is 0. The van der Waals surface area contributed by atoms with Gasteiger partial charge in [0.05, 0.1) is 0 Å². The standard InChI is InChI=1S/C16H27N3O/c1-4-7-8-13(5-2)12-19-16(20)15-11-14(17-6-3)9-10-18-15/h9-11,13H,4-8,12H2,1-3H3,(H,17,18)(H,19,20). The SMILES string of the molecule is CCCCC(CC)CNC(=O)c1cc(NCC)ccn1. The summed E-state index contributed by atoms with van der Waals surface area (Å²) >= 11 is 0. The van der Waals surface area contributed by atoms with E-state index >= 15 is 0 Å². The van der Waals surface area contributed by atoms with Gasteiger partial charge in [0, 0.05) is 25.0 Å². The fraction of sp³-hybridized carbons (Fsp3) is 0.625. The van der Waals surface area contributed by atoms with Crippen LogP contribution < -0.4 is 10.6 Å². The second-order valence-electron chi connectivity index (χ2n) is 5.09. The number of anilines is 1. The molecule has 4 nitrogen and oxygen atoms in total. The number of nitrogens with one attached hydrogen (secondary N) is 2. The summed E-state index contributed by atoms with van der Waals surface area (Å²) in [6.45, 7) is 7.97. The summed E-state index contributed by atoms with van der Waals surface area (Å²) in [7, 11) is 0. The first-order chi connectivity index (χ1) is 9.71. The molecular formula is C16H27N3O. The quantitative estimate of drug-likeness (QED) is 0.727. The molecule has 0 saturated heterocycles. The van der Waals surface area contributed by atoms with Gasteiger partial charge in [-0.3, -0.25) is 9.78 Å². The summed E-state index contributed by atoms with van der Waals surface area (Å²) in [6, 6.07) is 3.67. The molecule has 1 amide bonds. The molecule has 1 atom stereocenters. The van der Waals surface area contributed by atoms with Crippen LogP contribution in [0.4, 0.5) is 5.69 Å². The van der Waals surface area contributed by atoms with Gasteiger partial charge in [-0.05, 0) is 31.4 Å². The molecule has 0 fully saturated rings. The van der Waals surface area contributed by atoms with Gasteiger partial charge in [0.1, 0.15) is 5.69 Å². The van der Waals surface area contributed by atoms with Crippen molar-refractivity contribution < 1.29 is 4.79 Å². The maximum Gasteiger partial charge on any atom is 0.269 e. The van der Waals surface area contributed by atoms with E-state index in [0.29, 0.717) is 11.6 Å². The van der Waals surface area contributed by atoms with Crippen LogP contribution in [-0.4, -0.2) is 24.0 Å². The zero-order valence-electron chi connectivity index (χ0n) is 12.9. The molecule has 0 aromatic carbocycles. The van der Waals surface area contributed by atoms with Crippen LogP contribution in [0, 0.1) is 5.92 Å². The molecule has 2 N–H and O–H groups in total. The van der Waals surface area contributed by atoms with Gasteiger partial charge in [0.2, 0.25) is 0 Å². The van der Waals surface area contributed by atoms with E-state index in [4.69, 9.17) is 0 Å². The Kier molecular flexibility index (Phi) is 7.70. The lowest BCUT2D eigenvalue weighted by molar-refractivity contribution is 0.0941. The average Bonchev–Trinajstić information content (AvgIpc) is 2.48. The Hall–Kier alpha value is -1.58. The molecule has 4 heteroatoms. The number of carbonyl (C=O) groups excluding carboxylic acids is 1. The highest BCUT2D eigenvalue weighted by atomic mass is 16.1. The van der Waals surface area contributed by atoms with Gasteiger partial charge >= 0.3 is 0 Å². The van der Waals surface area contributed by atoms with E-state index < -0.39 is 0 Å². The van der Waals surface area contributed by atoms with Crippen molar-refractivity contribution in [2.75, 3.05) is 18.4 Å². The Morgan fingerprint density at radius 2 is 2.15 bits per heavy atom. The van der Waals surface area contributed by atoms with Gasteiger partial charge in [0.25, 0.3) is 5.91 Å². The molecule has 1 rings (SSSR count). The Morgan fingerprint density at radius 1 is 1.35 bits per heavy atom. The third-order valence-electron chi connectivity index (χ3n) is 3.47. The number of unbranched alkanes of at least 4 members (excludes halogenated alkanes) is 1. The molecule has 1 aromatic rings. The van der Waals surface area contributed by atoms with Gasteiger partial charge in [0.15, 0.2) is 0 Å². The summed E-state index contributed by atoms with van der Waals surface area (Å²) in [6.07, 6.45) is 6.38. The normalized spacial score (nSPS) is 11.9. The van der Waals surface area contributed by atoms with Crippen molar-refractivity contribution in [2.24, 2.45) is 5.92 Å².